The Morgan fingerprint density at radius 2 is 1.03 bits per heavy atom. The summed E-state index contributed by atoms with van der Waals surface area (Å²) in [5, 5.41) is 7.84. The highest BCUT2D eigenvalue weighted by Gasteiger charge is 2.18. The Morgan fingerprint density at radius 3 is 1.71 bits per heavy atom. The van der Waals surface area contributed by atoms with Gasteiger partial charge in [0, 0.05) is 35.5 Å². The first kappa shape index (κ1) is 20.6. The topological polar surface area (TPSA) is 6.48 Å². The maximum absolute atomic E-state index is 2.39. The molecule has 2 nitrogen and oxygen atoms in total. The van der Waals surface area contributed by atoms with Crippen molar-refractivity contribution in [1.82, 2.24) is 0 Å². The van der Waals surface area contributed by atoms with Crippen LogP contribution >= 0.6 is 0 Å². The van der Waals surface area contributed by atoms with Crippen LogP contribution in [0, 0.1) is 0 Å². The molecule has 0 heterocycles. The second-order valence-electron chi connectivity index (χ2n) is 8.80. The van der Waals surface area contributed by atoms with E-state index in [9.17, 15) is 0 Å². The highest BCUT2D eigenvalue weighted by atomic mass is 15.1. The number of rotatable bonds is 6. The summed E-state index contributed by atoms with van der Waals surface area (Å²) < 4.78 is 0. The van der Waals surface area contributed by atoms with Gasteiger partial charge in [-0.3, -0.25) is 0 Å². The van der Waals surface area contributed by atoms with E-state index in [1.54, 1.807) is 0 Å². The Kier molecular flexibility index (Phi) is 5.07. The predicted octanol–water partition coefficient (Wildman–Crippen LogP) is 8.90. The summed E-state index contributed by atoms with van der Waals surface area (Å²) in [4.78, 5) is 4.77. The van der Waals surface area contributed by atoms with Crippen molar-refractivity contribution >= 4 is 55.1 Å². The molecule has 0 spiro atoms. The second-order valence-corrected chi connectivity index (χ2v) is 8.80. The summed E-state index contributed by atoms with van der Waals surface area (Å²) in [5.41, 5.74) is 4.79. The lowest BCUT2D eigenvalue weighted by atomic mass is 9.93. The van der Waals surface area contributed by atoms with Crippen molar-refractivity contribution in [3.63, 3.8) is 0 Å². The summed E-state index contributed by atoms with van der Waals surface area (Å²) in [7, 11) is 0. The molecule has 0 amide bonds. The van der Waals surface area contributed by atoms with Crippen molar-refractivity contribution in [3.8, 4) is 0 Å². The normalized spacial score (nSPS) is 11.5. The van der Waals surface area contributed by atoms with Crippen LogP contribution in [0.5, 0.6) is 0 Å². The Balaban J connectivity index is 1.60. The molecule has 0 radical (unpaired) electrons. The van der Waals surface area contributed by atoms with E-state index in [0.717, 1.165) is 24.5 Å². The molecular weight excluding hydrogens is 412 g/mol. The van der Waals surface area contributed by atoms with E-state index in [-0.39, 0.29) is 0 Å². The molecular formula is C32H28N2. The van der Waals surface area contributed by atoms with Crippen LogP contribution in [0.1, 0.15) is 13.8 Å². The first-order valence-corrected chi connectivity index (χ1v) is 12.1. The van der Waals surface area contributed by atoms with Gasteiger partial charge in [0.2, 0.25) is 0 Å². The molecule has 0 aliphatic heterocycles. The van der Waals surface area contributed by atoms with Gasteiger partial charge in [-0.2, -0.15) is 0 Å². The van der Waals surface area contributed by atoms with Crippen LogP contribution in [0.2, 0.25) is 0 Å². The van der Waals surface area contributed by atoms with Crippen molar-refractivity contribution in [2.24, 2.45) is 0 Å². The lowest BCUT2D eigenvalue weighted by molar-refractivity contribution is 0.866. The Labute approximate surface area is 201 Å². The molecule has 6 rings (SSSR count). The van der Waals surface area contributed by atoms with Crippen LogP contribution in [0.15, 0.2) is 109 Å². The van der Waals surface area contributed by atoms with Crippen LogP contribution in [-0.4, -0.2) is 13.1 Å². The minimum atomic E-state index is 1.01. The molecule has 0 saturated carbocycles. The highest BCUT2D eigenvalue weighted by Crippen LogP contribution is 2.43. The fourth-order valence-corrected chi connectivity index (χ4v) is 5.32. The standard InChI is InChI=1S/C32H28N2/c1-3-33(4-2)26-17-19-28(20-18-26)34(27-11-6-5-7-12-27)30-22-16-25-14-13-23-9-8-10-24-15-21-29(30)32(25)31(23)24/h5-22H,3-4H2,1-2H3. The Bertz CT molecular complexity index is 1550. The van der Waals surface area contributed by atoms with Gasteiger partial charge in [0.1, 0.15) is 0 Å². The fraction of sp³-hybridized carbons (Fsp3) is 0.125. The van der Waals surface area contributed by atoms with E-state index in [0.29, 0.717) is 0 Å². The fourth-order valence-electron chi connectivity index (χ4n) is 5.32. The van der Waals surface area contributed by atoms with Crippen molar-refractivity contribution in [1.29, 1.82) is 0 Å². The number of hydrogen-bond donors (Lipinski definition) is 0. The van der Waals surface area contributed by atoms with Crippen molar-refractivity contribution in [3.05, 3.63) is 109 Å². The van der Waals surface area contributed by atoms with E-state index < -0.39 is 0 Å². The van der Waals surface area contributed by atoms with Gasteiger partial charge in [0.25, 0.3) is 0 Å². The van der Waals surface area contributed by atoms with Crippen LogP contribution in [0.4, 0.5) is 22.7 Å². The summed E-state index contributed by atoms with van der Waals surface area (Å²) >= 11 is 0. The third-order valence-electron chi connectivity index (χ3n) is 7.00. The third-order valence-corrected chi connectivity index (χ3v) is 7.00. The van der Waals surface area contributed by atoms with Crippen LogP contribution < -0.4 is 9.80 Å². The van der Waals surface area contributed by atoms with Gasteiger partial charge >= 0.3 is 0 Å². The molecule has 0 aliphatic carbocycles. The molecule has 6 aromatic carbocycles. The zero-order valence-corrected chi connectivity index (χ0v) is 19.7. The number of benzene rings is 6. The van der Waals surface area contributed by atoms with Gasteiger partial charge in [0.05, 0.1) is 5.69 Å². The molecule has 0 atom stereocenters. The summed E-state index contributed by atoms with van der Waals surface area (Å²) in [5.74, 6) is 0. The molecule has 0 fully saturated rings. The molecule has 0 unspecified atom stereocenters. The van der Waals surface area contributed by atoms with E-state index >= 15 is 0 Å². The zero-order chi connectivity index (χ0) is 23.1. The monoisotopic (exact) mass is 440 g/mol. The molecule has 0 bridgehead atoms. The smallest absolute Gasteiger partial charge is 0.0540 e. The number of para-hydroxylation sites is 1. The van der Waals surface area contributed by atoms with E-state index in [1.165, 1.54) is 43.7 Å². The lowest BCUT2D eigenvalue weighted by Crippen LogP contribution is -2.21. The third kappa shape index (κ3) is 3.26. The highest BCUT2D eigenvalue weighted by molar-refractivity contribution is 6.25. The van der Waals surface area contributed by atoms with Gasteiger partial charge in [-0.15, -0.1) is 0 Å². The Hall–Kier alpha value is -4.04. The first-order valence-electron chi connectivity index (χ1n) is 12.1. The quantitative estimate of drug-likeness (QED) is 0.239. The van der Waals surface area contributed by atoms with Crippen LogP contribution in [-0.2, 0) is 0 Å². The van der Waals surface area contributed by atoms with Crippen molar-refractivity contribution in [2.75, 3.05) is 22.9 Å². The van der Waals surface area contributed by atoms with Gasteiger partial charge < -0.3 is 9.80 Å². The molecule has 2 heteroatoms. The maximum atomic E-state index is 2.39. The number of nitrogens with zero attached hydrogens (tertiary/aromatic N) is 2. The molecule has 0 aromatic heterocycles. The molecule has 0 saturated heterocycles. The molecule has 166 valence electrons. The largest absolute Gasteiger partial charge is 0.372 e. The zero-order valence-electron chi connectivity index (χ0n) is 19.7. The number of hydrogen-bond acceptors (Lipinski definition) is 2. The summed E-state index contributed by atoms with van der Waals surface area (Å²) in [6, 6.07) is 39.8. The SMILES string of the molecule is CCN(CC)c1ccc(N(c2ccccc2)c2ccc3ccc4cccc5ccc2c3c45)cc1. The molecule has 0 aliphatic rings. The van der Waals surface area contributed by atoms with Crippen molar-refractivity contribution < 1.29 is 0 Å². The van der Waals surface area contributed by atoms with E-state index in [1.807, 2.05) is 0 Å². The lowest BCUT2D eigenvalue weighted by Gasteiger charge is -2.28. The average Bonchev–Trinajstić information content (AvgIpc) is 2.90. The first-order chi connectivity index (χ1) is 16.8. The summed E-state index contributed by atoms with van der Waals surface area (Å²) in [6.07, 6.45) is 0. The number of anilines is 4. The van der Waals surface area contributed by atoms with Crippen LogP contribution in [0.3, 0.4) is 0 Å². The van der Waals surface area contributed by atoms with Crippen LogP contribution in [0.25, 0.3) is 32.3 Å². The minimum Gasteiger partial charge on any atom is -0.372 e. The van der Waals surface area contributed by atoms with E-state index in [2.05, 4.69) is 133 Å². The summed E-state index contributed by atoms with van der Waals surface area (Å²) in [6.45, 7) is 6.43. The second kappa shape index (κ2) is 8.39. The van der Waals surface area contributed by atoms with E-state index in [4.69, 9.17) is 0 Å². The average molecular weight is 441 g/mol. The van der Waals surface area contributed by atoms with Gasteiger partial charge in [-0.25, -0.2) is 0 Å². The molecule has 34 heavy (non-hydrogen) atoms. The Morgan fingerprint density at radius 1 is 0.471 bits per heavy atom. The minimum absolute atomic E-state index is 1.01. The molecule has 0 N–H and O–H groups in total. The molecule has 6 aromatic rings. The van der Waals surface area contributed by atoms with Gasteiger partial charge in [0.15, 0.2) is 0 Å². The van der Waals surface area contributed by atoms with Crippen molar-refractivity contribution in [2.45, 2.75) is 13.8 Å². The van der Waals surface area contributed by atoms with Gasteiger partial charge in [-0.05, 0) is 83.2 Å². The maximum Gasteiger partial charge on any atom is 0.0540 e. The van der Waals surface area contributed by atoms with Gasteiger partial charge in [-0.1, -0.05) is 66.7 Å². The predicted molar refractivity (Wildman–Crippen MR) is 148 cm³/mol.